The number of para-hydroxylation sites is 1. The summed E-state index contributed by atoms with van der Waals surface area (Å²) >= 11 is 5.14. The predicted molar refractivity (Wildman–Crippen MR) is 179 cm³/mol. The van der Waals surface area contributed by atoms with Crippen LogP contribution < -0.4 is 0 Å². The Morgan fingerprint density at radius 3 is 2.47 bits per heavy atom. The predicted octanol–water partition coefficient (Wildman–Crippen LogP) is 6.91. The van der Waals surface area contributed by atoms with Crippen molar-refractivity contribution in [2.45, 2.75) is 31.0 Å². The summed E-state index contributed by atoms with van der Waals surface area (Å²) in [7, 11) is 0. The summed E-state index contributed by atoms with van der Waals surface area (Å²) < 4.78 is 3.29. The molecule has 6 rings (SSSR count). The van der Waals surface area contributed by atoms with E-state index in [9.17, 15) is 4.79 Å². The smallest absolute Gasteiger partial charge is 0.222 e. The number of carbonyl (C=O) groups is 1. The molecule has 0 N–H and O–H groups in total. The largest absolute Gasteiger partial charge is 0.340 e. The van der Waals surface area contributed by atoms with Crippen LogP contribution in [0, 0.1) is 0 Å². The van der Waals surface area contributed by atoms with E-state index in [0.29, 0.717) is 18.1 Å². The Morgan fingerprint density at radius 1 is 0.884 bits per heavy atom. The van der Waals surface area contributed by atoms with Crippen LogP contribution in [-0.4, -0.2) is 73.9 Å². The molecule has 1 saturated heterocycles. The molecule has 0 spiro atoms. The zero-order chi connectivity index (χ0) is 29.4. The molecule has 3 aromatic carbocycles. The van der Waals surface area contributed by atoms with Crippen LogP contribution in [0.3, 0.4) is 0 Å². The van der Waals surface area contributed by atoms with Crippen molar-refractivity contribution in [2.75, 3.05) is 38.5 Å². The maximum Gasteiger partial charge on any atom is 0.222 e. The Balaban J connectivity index is 0.975. The first kappa shape index (κ1) is 29.5. The molecule has 0 radical (unpaired) electrons. The Kier molecular flexibility index (Phi) is 9.82. The van der Waals surface area contributed by atoms with E-state index in [1.54, 1.807) is 11.8 Å². The lowest BCUT2D eigenvalue weighted by Gasteiger charge is -2.34. The quantitative estimate of drug-likeness (QED) is 0.114. The van der Waals surface area contributed by atoms with Crippen LogP contribution in [0.4, 0.5) is 0 Å². The molecule has 0 unspecified atom stereocenters. The zero-order valence-corrected chi connectivity index (χ0v) is 26.5. The number of aromatic nitrogens is 4. The minimum absolute atomic E-state index is 0.265. The first-order chi connectivity index (χ1) is 21.1. The molecule has 5 aromatic rings. The number of nitrogens with zero attached hydrogens (tertiary/aromatic N) is 6. The van der Waals surface area contributed by atoms with Crippen molar-refractivity contribution < 1.29 is 4.79 Å². The van der Waals surface area contributed by atoms with Crippen LogP contribution in [0.25, 0.3) is 28.1 Å². The lowest BCUT2D eigenvalue weighted by atomic mass is 10.2. The van der Waals surface area contributed by atoms with Crippen molar-refractivity contribution in [3.8, 4) is 0 Å². The van der Waals surface area contributed by atoms with Crippen LogP contribution >= 0.6 is 27.7 Å². The van der Waals surface area contributed by atoms with E-state index >= 15 is 0 Å². The van der Waals surface area contributed by atoms with Gasteiger partial charge in [0.15, 0.2) is 5.65 Å². The second-order valence-electron chi connectivity index (χ2n) is 10.8. The van der Waals surface area contributed by atoms with E-state index in [-0.39, 0.29) is 5.91 Å². The lowest BCUT2D eigenvalue weighted by Crippen LogP contribution is -2.48. The Hall–Kier alpha value is -3.53. The van der Waals surface area contributed by atoms with E-state index in [1.165, 1.54) is 11.1 Å². The third kappa shape index (κ3) is 7.52. The molecule has 0 aliphatic carbocycles. The van der Waals surface area contributed by atoms with Crippen LogP contribution in [0.5, 0.6) is 0 Å². The van der Waals surface area contributed by atoms with Crippen LogP contribution in [0.15, 0.2) is 94.6 Å². The number of hydrogen-bond acceptors (Lipinski definition) is 6. The second-order valence-corrected chi connectivity index (χ2v) is 12.8. The molecule has 3 heterocycles. The van der Waals surface area contributed by atoms with E-state index in [2.05, 4.69) is 108 Å². The first-order valence-corrected chi connectivity index (χ1v) is 16.6. The zero-order valence-electron chi connectivity index (χ0n) is 24.1. The molecule has 0 bridgehead atoms. The molecule has 1 fully saturated rings. The summed E-state index contributed by atoms with van der Waals surface area (Å²) in [6.07, 6.45) is 6.77. The number of carbonyl (C=O) groups excluding carboxylic acids is 1. The van der Waals surface area contributed by atoms with E-state index in [0.717, 1.165) is 77.9 Å². The SMILES string of the molecule is O=C(CCCCSc1nnc2c3ccccc3n(Cc3ccc(Br)cc3)c2n1)N1CCN(C/C=C/c2ccccc2)CC1. The van der Waals surface area contributed by atoms with Crippen molar-refractivity contribution in [1.82, 2.24) is 29.5 Å². The van der Waals surface area contributed by atoms with Crippen LogP contribution in [0.1, 0.15) is 30.4 Å². The maximum absolute atomic E-state index is 12.8. The highest BCUT2D eigenvalue weighted by Gasteiger charge is 2.20. The van der Waals surface area contributed by atoms with Crippen molar-refractivity contribution >= 4 is 61.7 Å². The average Bonchev–Trinajstić information content (AvgIpc) is 3.35. The Labute approximate surface area is 265 Å². The maximum atomic E-state index is 12.8. The number of fused-ring (bicyclic) bond motifs is 3. The van der Waals surface area contributed by atoms with E-state index < -0.39 is 0 Å². The molecule has 220 valence electrons. The topological polar surface area (TPSA) is 67.2 Å². The first-order valence-electron chi connectivity index (χ1n) is 14.8. The second kappa shape index (κ2) is 14.3. The van der Waals surface area contributed by atoms with Crippen molar-refractivity contribution in [1.29, 1.82) is 0 Å². The molecule has 1 aliphatic rings. The standard InChI is InChI=1S/C34H35BrN6OS/c35-28-17-15-27(16-18-28)25-41-30-13-5-4-12-29(30)32-33(41)36-34(38-37-32)43-24-7-6-14-31(42)40-22-20-39(21-23-40)19-8-11-26-9-2-1-3-10-26/h1-5,8-13,15-18H,6-7,14,19-25H2/b11-8+. The molecular weight excluding hydrogens is 620 g/mol. The van der Waals surface area contributed by atoms with Gasteiger partial charge in [0.2, 0.25) is 11.1 Å². The lowest BCUT2D eigenvalue weighted by molar-refractivity contribution is -0.132. The molecule has 0 atom stereocenters. The fourth-order valence-electron chi connectivity index (χ4n) is 5.46. The molecule has 2 aromatic heterocycles. The van der Waals surface area contributed by atoms with Gasteiger partial charge in [-0.1, -0.05) is 101 Å². The number of thioether (sulfide) groups is 1. The number of hydrogen-bond donors (Lipinski definition) is 0. The van der Waals surface area contributed by atoms with Gasteiger partial charge in [0, 0.05) is 61.3 Å². The molecule has 9 heteroatoms. The highest BCUT2D eigenvalue weighted by Crippen LogP contribution is 2.28. The van der Waals surface area contributed by atoms with Crippen molar-refractivity contribution in [3.63, 3.8) is 0 Å². The normalized spacial score (nSPS) is 14.3. The number of rotatable bonds is 11. The highest BCUT2D eigenvalue weighted by molar-refractivity contribution is 9.10. The van der Waals surface area contributed by atoms with E-state index in [4.69, 9.17) is 4.98 Å². The van der Waals surface area contributed by atoms with Crippen LogP contribution in [-0.2, 0) is 11.3 Å². The third-order valence-corrected chi connectivity index (χ3v) is 9.28. The molecule has 43 heavy (non-hydrogen) atoms. The molecule has 1 aliphatic heterocycles. The van der Waals surface area contributed by atoms with Gasteiger partial charge in [0.05, 0.1) is 5.52 Å². The van der Waals surface area contributed by atoms with E-state index in [1.807, 2.05) is 23.1 Å². The van der Waals surface area contributed by atoms with Gasteiger partial charge >= 0.3 is 0 Å². The number of benzene rings is 3. The number of piperazine rings is 1. The highest BCUT2D eigenvalue weighted by atomic mass is 79.9. The van der Waals surface area contributed by atoms with Gasteiger partial charge in [-0.25, -0.2) is 4.98 Å². The number of amides is 1. The minimum Gasteiger partial charge on any atom is -0.340 e. The van der Waals surface area contributed by atoms with Gasteiger partial charge in [-0.15, -0.1) is 10.2 Å². The number of halogens is 1. The summed E-state index contributed by atoms with van der Waals surface area (Å²) in [6.45, 7) is 5.09. The van der Waals surface area contributed by atoms with Crippen LogP contribution in [0.2, 0.25) is 0 Å². The molecule has 0 saturated carbocycles. The summed E-state index contributed by atoms with van der Waals surface area (Å²) in [5.74, 6) is 1.12. The van der Waals surface area contributed by atoms with Gasteiger partial charge in [0.1, 0.15) is 5.52 Å². The number of unbranched alkanes of at least 4 members (excludes halogenated alkanes) is 1. The monoisotopic (exact) mass is 654 g/mol. The summed E-state index contributed by atoms with van der Waals surface area (Å²) in [6, 6.07) is 27.0. The van der Waals surface area contributed by atoms with Gasteiger partial charge in [-0.2, -0.15) is 0 Å². The average molecular weight is 656 g/mol. The summed E-state index contributed by atoms with van der Waals surface area (Å²) in [4.78, 5) is 22.2. The molecule has 1 amide bonds. The van der Waals surface area contributed by atoms with Gasteiger partial charge in [0.25, 0.3) is 0 Å². The van der Waals surface area contributed by atoms with Crippen molar-refractivity contribution in [2.24, 2.45) is 0 Å². The van der Waals surface area contributed by atoms with Gasteiger partial charge in [-0.05, 0) is 42.2 Å². The summed E-state index contributed by atoms with van der Waals surface area (Å²) in [5.41, 5.74) is 5.20. The van der Waals surface area contributed by atoms with Gasteiger partial charge in [-0.3, -0.25) is 9.69 Å². The molecular formula is C34H35BrN6OS. The Morgan fingerprint density at radius 2 is 1.65 bits per heavy atom. The fraction of sp³-hybridized carbons (Fsp3) is 0.294. The van der Waals surface area contributed by atoms with Gasteiger partial charge < -0.3 is 9.47 Å². The Bertz CT molecular complexity index is 1700. The minimum atomic E-state index is 0.265. The molecule has 7 nitrogen and oxygen atoms in total. The third-order valence-electron chi connectivity index (χ3n) is 7.82. The van der Waals surface area contributed by atoms with Crippen molar-refractivity contribution in [3.05, 3.63) is 101 Å². The fourth-order valence-corrected chi connectivity index (χ4v) is 6.51. The summed E-state index contributed by atoms with van der Waals surface area (Å²) in [5, 5.41) is 10.8.